The van der Waals surface area contributed by atoms with Gasteiger partial charge in [0.2, 0.25) is 0 Å². The molecule has 104 valence electrons. The second kappa shape index (κ2) is 5.26. The minimum Gasteiger partial charge on any atom is -0.305 e. The van der Waals surface area contributed by atoms with E-state index in [-0.39, 0.29) is 11.6 Å². The summed E-state index contributed by atoms with van der Waals surface area (Å²) in [6.45, 7) is 0.443. The van der Waals surface area contributed by atoms with Gasteiger partial charge in [-0.3, -0.25) is 4.79 Å². The van der Waals surface area contributed by atoms with Gasteiger partial charge in [-0.1, -0.05) is 0 Å². The number of aryl methyl sites for hydroxylation is 1. The van der Waals surface area contributed by atoms with Crippen LogP contribution in [0.2, 0.25) is 0 Å². The van der Waals surface area contributed by atoms with Crippen LogP contribution in [0.1, 0.15) is 21.7 Å². The molecule has 6 heteroatoms. The molecule has 1 aromatic heterocycles. The fraction of sp³-hybridized carbons (Fsp3) is 0.214. The average molecular weight is 358 g/mol. The Hall–Kier alpha value is -1.27. The number of hydrogen-bond donors (Lipinski definition) is 0. The van der Waals surface area contributed by atoms with Crippen molar-refractivity contribution in [3.63, 3.8) is 0 Å². The van der Waals surface area contributed by atoms with Crippen LogP contribution in [0.25, 0.3) is 0 Å². The van der Waals surface area contributed by atoms with Crippen LogP contribution in [0.5, 0.6) is 0 Å². The Labute approximate surface area is 127 Å². The summed E-state index contributed by atoms with van der Waals surface area (Å²) < 4.78 is 28.0. The maximum Gasteiger partial charge on any atom is 0.269 e. The molecule has 0 fully saturated rings. The van der Waals surface area contributed by atoms with Crippen LogP contribution in [0.15, 0.2) is 28.1 Å². The Morgan fingerprint density at radius 3 is 2.85 bits per heavy atom. The summed E-state index contributed by atoms with van der Waals surface area (Å²) in [6.07, 6.45) is 1.28. The second-order valence-corrected chi connectivity index (χ2v) is 6.32. The molecule has 0 atom stereocenters. The van der Waals surface area contributed by atoms with Crippen LogP contribution in [-0.4, -0.2) is 12.5 Å². The van der Waals surface area contributed by atoms with Gasteiger partial charge >= 0.3 is 0 Å². The van der Waals surface area contributed by atoms with E-state index in [0.29, 0.717) is 34.3 Å². The summed E-state index contributed by atoms with van der Waals surface area (Å²) in [5.74, 6) is -1.54. The van der Waals surface area contributed by atoms with E-state index in [4.69, 9.17) is 0 Å². The highest BCUT2D eigenvalue weighted by Gasteiger charge is 2.28. The van der Waals surface area contributed by atoms with Crippen LogP contribution in [0.3, 0.4) is 0 Å². The number of amides is 1. The summed E-state index contributed by atoms with van der Waals surface area (Å²) in [7, 11) is 0. The van der Waals surface area contributed by atoms with E-state index in [1.54, 1.807) is 11.4 Å². The van der Waals surface area contributed by atoms with Crippen LogP contribution in [0.4, 0.5) is 14.5 Å². The summed E-state index contributed by atoms with van der Waals surface area (Å²) in [6, 6.07) is 3.92. The smallest absolute Gasteiger partial charge is 0.269 e. The summed E-state index contributed by atoms with van der Waals surface area (Å²) in [4.78, 5) is 14.5. The predicted octanol–water partition coefficient (Wildman–Crippen LogP) is 4.38. The highest BCUT2D eigenvalue weighted by Crippen LogP contribution is 2.34. The van der Waals surface area contributed by atoms with Crippen LogP contribution >= 0.6 is 27.3 Å². The maximum absolute atomic E-state index is 14.0. The van der Waals surface area contributed by atoms with Crippen molar-refractivity contribution >= 4 is 38.9 Å². The van der Waals surface area contributed by atoms with Crippen molar-refractivity contribution in [1.29, 1.82) is 0 Å². The number of benzene rings is 1. The molecule has 1 aliphatic heterocycles. The number of carbonyl (C=O) groups is 1. The molecule has 0 N–H and O–H groups in total. The largest absolute Gasteiger partial charge is 0.305 e. The molecule has 1 aromatic carbocycles. The third-order valence-electron chi connectivity index (χ3n) is 3.26. The van der Waals surface area contributed by atoms with Crippen molar-refractivity contribution in [2.45, 2.75) is 12.8 Å². The van der Waals surface area contributed by atoms with Crippen molar-refractivity contribution in [2.24, 2.45) is 0 Å². The number of carbonyl (C=O) groups excluding carboxylic acids is 1. The minimum atomic E-state index is -0.680. The zero-order valence-corrected chi connectivity index (χ0v) is 12.7. The van der Waals surface area contributed by atoms with Crippen molar-refractivity contribution in [1.82, 2.24) is 0 Å². The van der Waals surface area contributed by atoms with E-state index in [1.165, 1.54) is 22.3 Å². The molecule has 0 saturated heterocycles. The van der Waals surface area contributed by atoms with E-state index in [1.807, 2.05) is 0 Å². The molecule has 1 amide bonds. The highest BCUT2D eigenvalue weighted by atomic mass is 79.9. The van der Waals surface area contributed by atoms with Crippen molar-refractivity contribution in [3.05, 3.63) is 50.1 Å². The number of halogens is 3. The van der Waals surface area contributed by atoms with Gasteiger partial charge in [-0.25, -0.2) is 8.78 Å². The molecule has 1 aliphatic rings. The lowest BCUT2D eigenvalue weighted by atomic mass is 10.0. The van der Waals surface area contributed by atoms with Gasteiger partial charge in [0.05, 0.1) is 5.69 Å². The fourth-order valence-corrected chi connectivity index (χ4v) is 3.91. The number of fused-ring (bicyclic) bond motifs is 1. The number of hydrogen-bond acceptors (Lipinski definition) is 2. The van der Waals surface area contributed by atoms with Gasteiger partial charge in [-0.2, -0.15) is 0 Å². The number of rotatable bonds is 1. The molecule has 0 aliphatic carbocycles. The number of nitrogens with zero attached hydrogens (tertiary/aromatic N) is 1. The molecule has 0 bridgehead atoms. The van der Waals surface area contributed by atoms with Gasteiger partial charge in [0, 0.05) is 17.1 Å². The van der Waals surface area contributed by atoms with Crippen molar-refractivity contribution in [2.75, 3.05) is 11.4 Å². The Balaban J connectivity index is 2.06. The third-order valence-corrected chi connectivity index (χ3v) is 5.09. The third kappa shape index (κ3) is 2.27. The Morgan fingerprint density at radius 1 is 1.35 bits per heavy atom. The molecule has 2 heterocycles. The molecule has 0 saturated carbocycles. The molecule has 20 heavy (non-hydrogen) atoms. The molecular weight excluding hydrogens is 348 g/mol. The lowest BCUT2D eigenvalue weighted by Gasteiger charge is -2.29. The first-order chi connectivity index (χ1) is 9.58. The lowest BCUT2D eigenvalue weighted by molar-refractivity contribution is 0.0987. The summed E-state index contributed by atoms with van der Waals surface area (Å²) in [5.41, 5.74) is 0.762. The Morgan fingerprint density at radius 2 is 2.15 bits per heavy atom. The van der Waals surface area contributed by atoms with Gasteiger partial charge in [-0.05, 0) is 51.8 Å². The fourth-order valence-electron chi connectivity index (χ4n) is 2.42. The monoisotopic (exact) mass is 357 g/mol. The van der Waals surface area contributed by atoms with E-state index < -0.39 is 11.6 Å². The van der Waals surface area contributed by atoms with E-state index in [0.717, 1.165) is 6.07 Å². The van der Waals surface area contributed by atoms with Gasteiger partial charge in [-0.15, -0.1) is 11.3 Å². The van der Waals surface area contributed by atoms with Gasteiger partial charge in [0.25, 0.3) is 5.91 Å². The molecule has 0 radical (unpaired) electrons. The molecule has 2 nitrogen and oxygen atoms in total. The quantitative estimate of drug-likeness (QED) is 0.741. The number of anilines is 1. The van der Waals surface area contributed by atoms with Crippen LogP contribution in [-0.2, 0) is 6.42 Å². The lowest BCUT2D eigenvalue weighted by Crippen LogP contribution is -2.36. The van der Waals surface area contributed by atoms with E-state index >= 15 is 0 Å². The SMILES string of the molecule is O=C(c1sccc1Br)N1CCCc2cc(F)cc(F)c21. The molecule has 2 aromatic rings. The first-order valence-corrected chi connectivity index (χ1v) is 7.78. The first kappa shape index (κ1) is 13.7. The summed E-state index contributed by atoms with van der Waals surface area (Å²) in [5, 5.41) is 1.79. The van der Waals surface area contributed by atoms with Crippen molar-refractivity contribution in [3.8, 4) is 0 Å². The normalized spacial score (nSPS) is 14.2. The Bertz CT molecular complexity index is 686. The highest BCUT2D eigenvalue weighted by molar-refractivity contribution is 9.10. The molecule has 3 rings (SSSR count). The molecule has 0 spiro atoms. The second-order valence-electron chi connectivity index (χ2n) is 4.55. The predicted molar refractivity (Wildman–Crippen MR) is 78.4 cm³/mol. The standard InChI is InChI=1S/C14H10BrF2NOS/c15-10-3-5-20-13(10)14(19)18-4-1-2-8-6-9(16)7-11(17)12(8)18/h3,5-7H,1-2,4H2. The zero-order chi connectivity index (χ0) is 14.3. The van der Waals surface area contributed by atoms with Crippen molar-refractivity contribution < 1.29 is 13.6 Å². The van der Waals surface area contributed by atoms with Crippen LogP contribution in [0, 0.1) is 11.6 Å². The van der Waals surface area contributed by atoms with Gasteiger partial charge in [0.1, 0.15) is 16.5 Å². The zero-order valence-electron chi connectivity index (χ0n) is 10.3. The van der Waals surface area contributed by atoms with Crippen LogP contribution < -0.4 is 4.90 Å². The average Bonchev–Trinajstić information content (AvgIpc) is 2.83. The Kier molecular flexibility index (Phi) is 3.60. The minimum absolute atomic E-state index is 0.211. The first-order valence-electron chi connectivity index (χ1n) is 6.10. The van der Waals surface area contributed by atoms with Gasteiger partial charge < -0.3 is 4.90 Å². The number of thiophene rings is 1. The van der Waals surface area contributed by atoms with E-state index in [2.05, 4.69) is 15.9 Å². The molecular formula is C14H10BrF2NOS. The van der Waals surface area contributed by atoms with E-state index in [9.17, 15) is 13.6 Å². The molecule has 0 unspecified atom stereocenters. The topological polar surface area (TPSA) is 20.3 Å². The summed E-state index contributed by atoms with van der Waals surface area (Å²) >= 11 is 4.61. The maximum atomic E-state index is 14.0. The van der Waals surface area contributed by atoms with Gasteiger partial charge in [0.15, 0.2) is 0 Å².